The quantitative estimate of drug-likeness (QED) is 0.749. The van der Waals surface area contributed by atoms with Gasteiger partial charge in [0, 0.05) is 6.20 Å². The van der Waals surface area contributed by atoms with Gasteiger partial charge in [-0.1, -0.05) is 20.8 Å². The third kappa shape index (κ3) is 3.45. The molecule has 0 aliphatic carbocycles. The van der Waals surface area contributed by atoms with E-state index in [2.05, 4.69) is 11.2 Å². The lowest BCUT2D eigenvalue weighted by molar-refractivity contribution is -0.0634. The summed E-state index contributed by atoms with van der Waals surface area (Å²) in [6.07, 6.45) is -0.414. The Hall–Kier alpha value is -1.95. The summed E-state index contributed by atoms with van der Waals surface area (Å²) in [7, 11) is -3.81. The van der Waals surface area contributed by atoms with E-state index in [1.54, 1.807) is 23.7 Å². The lowest BCUT2D eigenvalue weighted by Crippen LogP contribution is -2.42. The van der Waals surface area contributed by atoms with Crippen molar-refractivity contribution < 1.29 is 22.9 Å². The van der Waals surface area contributed by atoms with E-state index in [4.69, 9.17) is 24.0 Å². The Balaban J connectivity index is 1.66. The molecule has 5 atom stereocenters. The van der Waals surface area contributed by atoms with Crippen LogP contribution in [-0.4, -0.2) is 35.0 Å². The maximum atomic E-state index is 13.0. The second-order valence-electron chi connectivity index (χ2n) is 8.89. The minimum absolute atomic E-state index is 0.0126. The minimum atomic E-state index is -3.81. The van der Waals surface area contributed by atoms with Gasteiger partial charge in [-0.15, -0.1) is 0 Å². The average Bonchev–Trinajstić information content (AvgIpc) is 3.20. The molecule has 4 heterocycles. The van der Waals surface area contributed by atoms with Crippen molar-refractivity contribution in [1.82, 2.24) is 9.61 Å². The highest BCUT2D eigenvalue weighted by Gasteiger charge is 2.61. The first-order chi connectivity index (χ1) is 13.6. The molecule has 0 saturated carbocycles. The van der Waals surface area contributed by atoms with Crippen molar-refractivity contribution >= 4 is 19.0 Å². The van der Waals surface area contributed by atoms with Crippen LogP contribution in [0.1, 0.15) is 39.5 Å². The standard InChI is InChI=1S/C19H25N4O5P/c1-18(2,3)11-26-29(24)25-9-15-17(28-29)19(4,10-20)16(27-15)14-6-5-13-12(21)7-8-22-23(13)14/h5-8,15-17H,9,11,21H2,1-4H3/t15-,16+,17-,19+,29+/m1/s1. The smallest absolute Gasteiger partial charge is 0.397 e. The molecule has 0 aromatic carbocycles. The maximum Gasteiger partial charge on any atom is 0.475 e. The van der Waals surface area contributed by atoms with Crippen LogP contribution in [0.25, 0.3) is 5.52 Å². The van der Waals surface area contributed by atoms with Gasteiger partial charge in [-0.2, -0.15) is 10.4 Å². The van der Waals surface area contributed by atoms with Gasteiger partial charge >= 0.3 is 7.82 Å². The van der Waals surface area contributed by atoms with Gasteiger partial charge in [0.1, 0.15) is 23.7 Å². The van der Waals surface area contributed by atoms with Gasteiger partial charge in [0.15, 0.2) is 0 Å². The van der Waals surface area contributed by atoms with E-state index >= 15 is 0 Å². The van der Waals surface area contributed by atoms with Crippen molar-refractivity contribution in [2.45, 2.75) is 46.0 Å². The number of fused-ring (bicyclic) bond motifs is 2. The van der Waals surface area contributed by atoms with Crippen LogP contribution in [0.3, 0.4) is 0 Å². The molecule has 0 amide bonds. The lowest BCUT2D eigenvalue weighted by Gasteiger charge is -2.35. The second-order valence-corrected chi connectivity index (χ2v) is 10.5. The highest BCUT2D eigenvalue weighted by molar-refractivity contribution is 7.48. The Labute approximate surface area is 169 Å². The molecule has 0 bridgehead atoms. The van der Waals surface area contributed by atoms with Gasteiger partial charge in [0.2, 0.25) is 0 Å². The Kier molecular flexibility index (Phi) is 4.76. The van der Waals surface area contributed by atoms with E-state index in [0.717, 1.165) is 5.52 Å². The predicted octanol–water partition coefficient (Wildman–Crippen LogP) is 3.47. The van der Waals surface area contributed by atoms with Crippen molar-refractivity contribution in [3.05, 3.63) is 30.1 Å². The normalized spacial score (nSPS) is 34.8. The van der Waals surface area contributed by atoms with Crippen molar-refractivity contribution in [3.8, 4) is 6.07 Å². The molecule has 9 nitrogen and oxygen atoms in total. The summed E-state index contributed by atoms with van der Waals surface area (Å²) in [5.74, 6) is 0. The number of aromatic nitrogens is 2. The molecule has 156 valence electrons. The summed E-state index contributed by atoms with van der Waals surface area (Å²) in [4.78, 5) is 0. The minimum Gasteiger partial charge on any atom is -0.397 e. The van der Waals surface area contributed by atoms with E-state index in [1.807, 2.05) is 32.9 Å². The summed E-state index contributed by atoms with van der Waals surface area (Å²) in [6, 6.07) is 7.67. The second kappa shape index (κ2) is 6.79. The van der Waals surface area contributed by atoms with Gasteiger partial charge in [0.05, 0.1) is 36.2 Å². The number of nitrogens with two attached hydrogens (primary N) is 1. The van der Waals surface area contributed by atoms with Gasteiger partial charge in [0.25, 0.3) is 0 Å². The van der Waals surface area contributed by atoms with Crippen LogP contribution in [0, 0.1) is 22.2 Å². The Bertz CT molecular complexity index is 1030. The van der Waals surface area contributed by atoms with Crippen LogP contribution in [0.15, 0.2) is 24.4 Å². The largest absolute Gasteiger partial charge is 0.475 e. The van der Waals surface area contributed by atoms with Gasteiger partial charge in [-0.05, 0) is 30.5 Å². The summed E-state index contributed by atoms with van der Waals surface area (Å²) >= 11 is 0. The number of hydrogen-bond donors (Lipinski definition) is 1. The molecule has 0 unspecified atom stereocenters. The third-order valence-corrected chi connectivity index (χ3v) is 6.60. The Morgan fingerprint density at radius 2 is 2.21 bits per heavy atom. The Morgan fingerprint density at radius 1 is 1.45 bits per heavy atom. The SMILES string of the molecule is CC(C)(C)CO[P@]1(=O)OC[C@H]2O[C@@H](c3ccc4c(N)ccnn34)[C@](C)(C#N)[C@@H]2O1. The first kappa shape index (κ1) is 20.3. The number of hydrogen-bond acceptors (Lipinski definition) is 8. The first-order valence-corrected chi connectivity index (χ1v) is 10.9. The number of phosphoric ester groups is 1. The molecule has 29 heavy (non-hydrogen) atoms. The highest BCUT2D eigenvalue weighted by Crippen LogP contribution is 2.62. The fourth-order valence-electron chi connectivity index (χ4n) is 3.66. The summed E-state index contributed by atoms with van der Waals surface area (Å²) in [5.41, 5.74) is 6.63. The van der Waals surface area contributed by atoms with Crippen LogP contribution >= 0.6 is 7.82 Å². The van der Waals surface area contributed by atoms with Gasteiger partial charge in [-0.3, -0.25) is 13.6 Å². The fraction of sp³-hybridized carbons (Fsp3) is 0.579. The number of anilines is 1. The molecule has 2 aromatic rings. The summed E-state index contributed by atoms with van der Waals surface area (Å²) in [6.45, 7) is 7.80. The predicted molar refractivity (Wildman–Crippen MR) is 105 cm³/mol. The van der Waals surface area contributed by atoms with E-state index in [0.29, 0.717) is 11.4 Å². The molecule has 2 saturated heterocycles. The van der Waals surface area contributed by atoms with Crippen molar-refractivity contribution in [1.29, 1.82) is 5.26 Å². The zero-order chi connectivity index (χ0) is 21.0. The topological polar surface area (TPSA) is 121 Å². The van der Waals surface area contributed by atoms with E-state index in [-0.39, 0.29) is 18.6 Å². The molecule has 2 fully saturated rings. The highest BCUT2D eigenvalue weighted by atomic mass is 31.2. The van der Waals surface area contributed by atoms with Crippen LogP contribution in [0.4, 0.5) is 5.69 Å². The lowest BCUT2D eigenvalue weighted by atomic mass is 9.79. The molecule has 4 rings (SSSR count). The van der Waals surface area contributed by atoms with Crippen LogP contribution < -0.4 is 5.73 Å². The molecule has 2 aliphatic rings. The number of ether oxygens (including phenoxy) is 1. The average molecular weight is 420 g/mol. The summed E-state index contributed by atoms with van der Waals surface area (Å²) < 4.78 is 37.5. The number of rotatable bonds is 3. The molecule has 2 N–H and O–H groups in total. The van der Waals surface area contributed by atoms with Crippen LogP contribution in [0.2, 0.25) is 0 Å². The number of nitriles is 1. The van der Waals surface area contributed by atoms with Crippen LogP contribution in [0.5, 0.6) is 0 Å². The fourth-order valence-corrected chi connectivity index (χ4v) is 5.36. The van der Waals surface area contributed by atoms with E-state index in [1.165, 1.54) is 0 Å². The number of phosphoric acid groups is 1. The van der Waals surface area contributed by atoms with E-state index < -0.39 is 31.5 Å². The zero-order valence-corrected chi connectivity index (χ0v) is 17.8. The monoisotopic (exact) mass is 420 g/mol. The van der Waals surface area contributed by atoms with Gasteiger partial charge < -0.3 is 10.5 Å². The molecular formula is C19H25N4O5P. The van der Waals surface area contributed by atoms with Crippen molar-refractivity contribution in [3.63, 3.8) is 0 Å². The Morgan fingerprint density at radius 3 is 2.90 bits per heavy atom. The zero-order valence-electron chi connectivity index (χ0n) is 16.9. The number of nitrogens with zero attached hydrogens (tertiary/aromatic N) is 3. The first-order valence-electron chi connectivity index (χ1n) is 9.43. The van der Waals surface area contributed by atoms with Crippen LogP contribution in [-0.2, 0) is 22.9 Å². The molecule has 2 aromatic heterocycles. The third-order valence-electron chi connectivity index (χ3n) is 5.21. The molecule has 10 heteroatoms. The molecular weight excluding hydrogens is 395 g/mol. The summed E-state index contributed by atoms with van der Waals surface area (Å²) in [5, 5.41) is 14.4. The van der Waals surface area contributed by atoms with E-state index in [9.17, 15) is 9.83 Å². The molecule has 0 radical (unpaired) electrons. The van der Waals surface area contributed by atoms with Gasteiger partial charge in [-0.25, -0.2) is 9.08 Å². The maximum absolute atomic E-state index is 13.0. The number of nitrogen functional groups attached to an aromatic ring is 1. The molecule has 0 spiro atoms. The van der Waals surface area contributed by atoms with Crippen molar-refractivity contribution in [2.24, 2.45) is 10.8 Å². The van der Waals surface area contributed by atoms with Crippen molar-refractivity contribution in [2.75, 3.05) is 18.9 Å². The molecule has 2 aliphatic heterocycles.